The van der Waals surface area contributed by atoms with Crippen molar-refractivity contribution >= 4 is 5.97 Å². The zero-order chi connectivity index (χ0) is 12.6. The number of hydrogen-bond donors (Lipinski definition) is 0. The Hall–Kier alpha value is -0.570. The lowest BCUT2D eigenvalue weighted by Crippen LogP contribution is -2.35. The van der Waals surface area contributed by atoms with Gasteiger partial charge in [-0.2, -0.15) is 0 Å². The van der Waals surface area contributed by atoms with Crippen molar-refractivity contribution in [3.63, 3.8) is 0 Å². The lowest BCUT2D eigenvalue weighted by molar-refractivity contribution is -0.148. The maximum atomic E-state index is 11.5. The lowest BCUT2D eigenvalue weighted by atomic mass is 10.1. The molecule has 0 aliphatic rings. The number of carbonyl (C=O) groups excluding carboxylic acids is 1. The van der Waals surface area contributed by atoms with Crippen molar-refractivity contribution in [1.82, 2.24) is 4.90 Å². The minimum Gasteiger partial charge on any atom is -0.466 e. The molecule has 0 aromatic heterocycles. The van der Waals surface area contributed by atoms with Gasteiger partial charge in [0.05, 0.1) is 12.5 Å². The van der Waals surface area contributed by atoms with Crippen LogP contribution in [-0.2, 0) is 9.53 Å². The Kier molecular flexibility index (Phi) is 8.26. The Labute approximate surface area is 100 Å². The van der Waals surface area contributed by atoms with Gasteiger partial charge in [0, 0.05) is 13.1 Å². The smallest absolute Gasteiger partial charge is 0.309 e. The largest absolute Gasteiger partial charge is 0.466 e. The Balaban J connectivity index is 4.05. The van der Waals surface area contributed by atoms with E-state index in [1.165, 1.54) is 6.42 Å². The summed E-state index contributed by atoms with van der Waals surface area (Å²) < 4.78 is 5.01. The molecule has 0 saturated carbocycles. The first kappa shape index (κ1) is 15.4. The zero-order valence-electron chi connectivity index (χ0n) is 11.5. The molecule has 16 heavy (non-hydrogen) atoms. The molecule has 0 aliphatic heterocycles. The van der Waals surface area contributed by atoms with Gasteiger partial charge in [-0.3, -0.25) is 4.79 Å². The SMILES string of the molecule is CCOC(=O)C(C)CN(CC)CC(C)CC. The fraction of sp³-hybridized carbons (Fsp3) is 0.923. The monoisotopic (exact) mass is 229 g/mol. The van der Waals surface area contributed by atoms with E-state index < -0.39 is 0 Å². The van der Waals surface area contributed by atoms with Gasteiger partial charge in [0.1, 0.15) is 0 Å². The summed E-state index contributed by atoms with van der Waals surface area (Å²) in [7, 11) is 0. The van der Waals surface area contributed by atoms with Crippen LogP contribution in [0.3, 0.4) is 0 Å². The van der Waals surface area contributed by atoms with Gasteiger partial charge in [0.25, 0.3) is 0 Å². The Morgan fingerprint density at radius 3 is 2.25 bits per heavy atom. The van der Waals surface area contributed by atoms with Crippen LogP contribution < -0.4 is 0 Å². The average molecular weight is 229 g/mol. The van der Waals surface area contributed by atoms with Crippen LogP contribution in [0.4, 0.5) is 0 Å². The number of nitrogens with zero attached hydrogens (tertiary/aromatic N) is 1. The predicted molar refractivity (Wildman–Crippen MR) is 67.4 cm³/mol. The minimum atomic E-state index is -0.0786. The summed E-state index contributed by atoms with van der Waals surface area (Å²) in [6.45, 7) is 13.7. The average Bonchev–Trinajstić information content (AvgIpc) is 2.27. The van der Waals surface area contributed by atoms with Crippen molar-refractivity contribution in [2.45, 2.75) is 41.0 Å². The lowest BCUT2D eigenvalue weighted by Gasteiger charge is -2.25. The highest BCUT2D eigenvalue weighted by Crippen LogP contribution is 2.08. The number of hydrogen-bond acceptors (Lipinski definition) is 3. The second-order valence-corrected chi connectivity index (χ2v) is 4.52. The van der Waals surface area contributed by atoms with Crippen molar-refractivity contribution in [2.75, 3.05) is 26.2 Å². The summed E-state index contributed by atoms with van der Waals surface area (Å²) in [5.41, 5.74) is 0. The fourth-order valence-electron chi connectivity index (χ4n) is 1.65. The molecule has 0 rings (SSSR count). The summed E-state index contributed by atoms with van der Waals surface area (Å²) in [6, 6.07) is 0. The van der Waals surface area contributed by atoms with E-state index in [1.807, 2.05) is 13.8 Å². The maximum absolute atomic E-state index is 11.5. The Bertz CT molecular complexity index is 194. The minimum absolute atomic E-state index is 0.0241. The standard InChI is InChI=1S/C13H27NO2/c1-6-11(4)9-14(7-2)10-12(5)13(15)16-8-3/h11-12H,6-10H2,1-5H3. The number of ether oxygens (including phenoxy) is 1. The van der Waals surface area contributed by atoms with Gasteiger partial charge in [-0.05, 0) is 19.4 Å². The molecule has 2 atom stereocenters. The van der Waals surface area contributed by atoms with Gasteiger partial charge in [-0.1, -0.05) is 34.1 Å². The first-order valence-corrected chi connectivity index (χ1v) is 6.44. The van der Waals surface area contributed by atoms with Crippen molar-refractivity contribution in [2.24, 2.45) is 11.8 Å². The van der Waals surface area contributed by atoms with E-state index in [-0.39, 0.29) is 11.9 Å². The van der Waals surface area contributed by atoms with Crippen molar-refractivity contribution in [1.29, 1.82) is 0 Å². The molecule has 0 aromatic rings. The highest BCUT2D eigenvalue weighted by molar-refractivity contribution is 5.72. The second-order valence-electron chi connectivity index (χ2n) is 4.52. The first-order chi connectivity index (χ1) is 7.54. The molecule has 0 aromatic carbocycles. The summed E-state index contributed by atoms with van der Waals surface area (Å²) in [6.07, 6.45) is 1.18. The van der Waals surface area contributed by atoms with Crippen LogP contribution in [0, 0.1) is 11.8 Å². The molecule has 0 amide bonds. The fourth-order valence-corrected chi connectivity index (χ4v) is 1.65. The van der Waals surface area contributed by atoms with Crippen LogP contribution in [0.25, 0.3) is 0 Å². The molecular formula is C13H27NO2. The highest BCUT2D eigenvalue weighted by atomic mass is 16.5. The van der Waals surface area contributed by atoms with Crippen LogP contribution in [0.1, 0.15) is 41.0 Å². The van der Waals surface area contributed by atoms with E-state index in [4.69, 9.17) is 4.74 Å². The molecule has 0 saturated heterocycles. The topological polar surface area (TPSA) is 29.5 Å². The van der Waals surface area contributed by atoms with E-state index in [0.717, 1.165) is 19.6 Å². The molecule has 0 bridgehead atoms. The van der Waals surface area contributed by atoms with Gasteiger partial charge < -0.3 is 9.64 Å². The van der Waals surface area contributed by atoms with Crippen LogP contribution in [0.15, 0.2) is 0 Å². The predicted octanol–water partition coefficient (Wildman–Crippen LogP) is 2.55. The van der Waals surface area contributed by atoms with Gasteiger partial charge in [-0.25, -0.2) is 0 Å². The second kappa shape index (κ2) is 8.57. The molecule has 0 N–H and O–H groups in total. The van der Waals surface area contributed by atoms with E-state index in [2.05, 4.69) is 25.7 Å². The van der Waals surface area contributed by atoms with Crippen LogP contribution in [-0.4, -0.2) is 37.1 Å². The number of carbonyl (C=O) groups is 1. The Morgan fingerprint density at radius 2 is 1.81 bits per heavy atom. The molecule has 0 radical (unpaired) electrons. The molecule has 0 aliphatic carbocycles. The highest BCUT2D eigenvalue weighted by Gasteiger charge is 2.18. The molecule has 0 fully saturated rings. The van der Waals surface area contributed by atoms with Gasteiger partial charge in [0.15, 0.2) is 0 Å². The van der Waals surface area contributed by atoms with Crippen LogP contribution >= 0.6 is 0 Å². The van der Waals surface area contributed by atoms with Crippen molar-refractivity contribution in [3.05, 3.63) is 0 Å². The molecule has 3 nitrogen and oxygen atoms in total. The zero-order valence-corrected chi connectivity index (χ0v) is 11.5. The van der Waals surface area contributed by atoms with Crippen LogP contribution in [0.5, 0.6) is 0 Å². The maximum Gasteiger partial charge on any atom is 0.309 e. The van der Waals surface area contributed by atoms with Gasteiger partial charge in [-0.15, -0.1) is 0 Å². The van der Waals surface area contributed by atoms with Crippen molar-refractivity contribution < 1.29 is 9.53 Å². The molecule has 96 valence electrons. The first-order valence-electron chi connectivity index (χ1n) is 6.44. The molecule has 2 unspecified atom stereocenters. The van der Waals surface area contributed by atoms with Crippen LogP contribution in [0.2, 0.25) is 0 Å². The summed E-state index contributed by atoms with van der Waals surface area (Å²) in [5, 5.41) is 0. The van der Waals surface area contributed by atoms with E-state index in [0.29, 0.717) is 12.5 Å². The van der Waals surface area contributed by atoms with E-state index in [9.17, 15) is 4.79 Å². The van der Waals surface area contributed by atoms with Gasteiger partial charge >= 0.3 is 5.97 Å². The summed E-state index contributed by atoms with van der Waals surface area (Å²) >= 11 is 0. The Morgan fingerprint density at radius 1 is 1.19 bits per heavy atom. The third-order valence-electron chi connectivity index (χ3n) is 2.94. The number of esters is 1. The summed E-state index contributed by atoms with van der Waals surface area (Å²) in [4.78, 5) is 13.8. The third-order valence-corrected chi connectivity index (χ3v) is 2.94. The third kappa shape index (κ3) is 6.11. The normalized spacial score (nSPS) is 14.9. The van der Waals surface area contributed by atoms with E-state index >= 15 is 0 Å². The number of rotatable bonds is 8. The van der Waals surface area contributed by atoms with Gasteiger partial charge in [0.2, 0.25) is 0 Å². The quantitative estimate of drug-likeness (QED) is 0.599. The molecule has 0 spiro atoms. The molecule has 3 heteroatoms. The summed E-state index contributed by atoms with van der Waals surface area (Å²) in [5.74, 6) is 0.586. The molecule has 0 heterocycles. The van der Waals surface area contributed by atoms with E-state index in [1.54, 1.807) is 0 Å². The van der Waals surface area contributed by atoms with Crippen molar-refractivity contribution in [3.8, 4) is 0 Å². The molecular weight excluding hydrogens is 202 g/mol.